The number of anilines is 1. The first kappa shape index (κ1) is 19.6. The number of nitrogens with one attached hydrogen (secondary N) is 1. The SMILES string of the molecule is CNc1ccc(C(=O)/C=C/c2cc(C(C)(C)C)c(OC)cc2OC)cc1. The summed E-state index contributed by atoms with van der Waals surface area (Å²) in [5, 5.41) is 3.04. The van der Waals surface area contributed by atoms with Crippen LogP contribution in [0, 0.1) is 0 Å². The van der Waals surface area contributed by atoms with Crippen LogP contribution in [0.3, 0.4) is 0 Å². The molecule has 0 atom stereocenters. The monoisotopic (exact) mass is 353 g/mol. The third-order valence-corrected chi connectivity index (χ3v) is 4.23. The van der Waals surface area contributed by atoms with Gasteiger partial charge in [0.25, 0.3) is 0 Å². The van der Waals surface area contributed by atoms with E-state index in [9.17, 15) is 4.79 Å². The molecule has 26 heavy (non-hydrogen) atoms. The minimum absolute atomic E-state index is 0.0529. The molecule has 0 saturated carbocycles. The van der Waals surface area contributed by atoms with Gasteiger partial charge in [-0.05, 0) is 47.9 Å². The molecule has 0 aliphatic carbocycles. The maximum absolute atomic E-state index is 12.4. The Kier molecular flexibility index (Phi) is 6.09. The summed E-state index contributed by atoms with van der Waals surface area (Å²) in [6.07, 6.45) is 3.37. The zero-order valence-electron chi connectivity index (χ0n) is 16.3. The molecule has 2 aromatic rings. The lowest BCUT2D eigenvalue weighted by molar-refractivity contribution is 0.104. The normalized spacial score (nSPS) is 11.5. The van der Waals surface area contributed by atoms with Gasteiger partial charge in [-0.1, -0.05) is 20.8 Å². The van der Waals surface area contributed by atoms with Crippen LogP contribution >= 0.6 is 0 Å². The van der Waals surface area contributed by atoms with Gasteiger partial charge in [-0.3, -0.25) is 4.79 Å². The maximum atomic E-state index is 12.4. The Morgan fingerprint density at radius 3 is 2.12 bits per heavy atom. The standard InChI is InChI=1S/C22H27NO3/c1-22(2,3)18-13-16(20(25-5)14-21(18)26-6)9-12-19(24)15-7-10-17(23-4)11-8-15/h7-14,23H,1-6H3/b12-9+. The highest BCUT2D eigenvalue weighted by molar-refractivity contribution is 6.07. The third kappa shape index (κ3) is 4.45. The first-order valence-corrected chi connectivity index (χ1v) is 8.57. The molecule has 0 heterocycles. The molecule has 0 spiro atoms. The Balaban J connectivity index is 2.37. The third-order valence-electron chi connectivity index (χ3n) is 4.23. The summed E-state index contributed by atoms with van der Waals surface area (Å²) in [5.41, 5.74) is 3.43. The lowest BCUT2D eigenvalue weighted by Gasteiger charge is -2.23. The molecule has 2 aromatic carbocycles. The summed E-state index contributed by atoms with van der Waals surface area (Å²) >= 11 is 0. The van der Waals surface area contributed by atoms with Gasteiger partial charge >= 0.3 is 0 Å². The second kappa shape index (κ2) is 8.09. The topological polar surface area (TPSA) is 47.6 Å². The Labute approximate surface area is 155 Å². The molecule has 0 aliphatic rings. The Morgan fingerprint density at radius 1 is 1.00 bits per heavy atom. The first-order chi connectivity index (χ1) is 12.3. The van der Waals surface area contributed by atoms with Crippen LogP contribution in [0.1, 0.15) is 42.3 Å². The van der Waals surface area contributed by atoms with E-state index >= 15 is 0 Å². The van der Waals surface area contributed by atoms with Crippen LogP contribution in [0.15, 0.2) is 42.5 Å². The van der Waals surface area contributed by atoms with Crippen molar-refractivity contribution in [1.29, 1.82) is 0 Å². The average Bonchev–Trinajstić information content (AvgIpc) is 2.64. The molecule has 138 valence electrons. The molecular formula is C22H27NO3. The summed E-state index contributed by atoms with van der Waals surface area (Å²) in [7, 11) is 5.11. The average molecular weight is 353 g/mol. The van der Waals surface area contributed by atoms with Crippen LogP contribution < -0.4 is 14.8 Å². The van der Waals surface area contributed by atoms with E-state index in [0.717, 1.165) is 22.6 Å². The van der Waals surface area contributed by atoms with Crippen LogP contribution in [-0.4, -0.2) is 27.1 Å². The number of hydrogen-bond acceptors (Lipinski definition) is 4. The molecule has 2 rings (SSSR count). The second-order valence-electron chi connectivity index (χ2n) is 7.07. The number of carbonyl (C=O) groups excluding carboxylic acids is 1. The van der Waals surface area contributed by atoms with Gasteiger partial charge in [0.15, 0.2) is 5.78 Å². The highest BCUT2D eigenvalue weighted by atomic mass is 16.5. The summed E-state index contributed by atoms with van der Waals surface area (Å²) < 4.78 is 11.0. The van der Waals surface area contributed by atoms with Crippen molar-refractivity contribution in [2.24, 2.45) is 0 Å². The van der Waals surface area contributed by atoms with E-state index in [-0.39, 0.29) is 11.2 Å². The lowest BCUT2D eigenvalue weighted by atomic mass is 9.85. The molecule has 0 unspecified atom stereocenters. The van der Waals surface area contributed by atoms with E-state index < -0.39 is 0 Å². The fraction of sp³-hybridized carbons (Fsp3) is 0.318. The Bertz CT molecular complexity index is 799. The van der Waals surface area contributed by atoms with Gasteiger partial charge in [0.05, 0.1) is 14.2 Å². The number of ketones is 1. The van der Waals surface area contributed by atoms with Crippen LogP contribution in [0.25, 0.3) is 6.08 Å². The zero-order chi connectivity index (χ0) is 19.3. The van der Waals surface area contributed by atoms with Gasteiger partial charge in [-0.15, -0.1) is 0 Å². The second-order valence-corrected chi connectivity index (χ2v) is 7.07. The van der Waals surface area contributed by atoms with E-state index in [1.807, 2.05) is 43.4 Å². The summed E-state index contributed by atoms with van der Waals surface area (Å²) in [4.78, 5) is 12.4. The van der Waals surface area contributed by atoms with Crippen LogP contribution in [0.5, 0.6) is 11.5 Å². The van der Waals surface area contributed by atoms with Crippen molar-refractivity contribution >= 4 is 17.5 Å². The predicted octanol–water partition coefficient (Wildman–Crippen LogP) is 4.94. The number of rotatable bonds is 6. The van der Waals surface area contributed by atoms with Gasteiger partial charge in [0.1, 0.15) is 11.5 Å². The van der Waals surface area contributed by atoms with Gasteiger partial charge in [-0.25, -0.2) is 0 Å². The van der Waals surface area contributed by atoms with Gasteiger partial charge in [0, 0.05) is 35.5 Å². The predicted molar refractivity (Wildman–Crippen MR) is 108 cm³/mol. The van der Waals surface area contributed by atoms with Crippen molar-refractivity contribution in [2.75, 3.05) is 26.6 Å². The fourth-order valence-corrected chi connectivity index (χ4v) is 2.70. The van der Waals surface area contributed by atoms with E-state index in [4.69, 9.17) is 9.47 Å². The molecule has 0 fully saturated rings. The largest absolute Gasteiger partial charge is 0.496 e. The molecule has 1 N–H and O–H groups in total. The number of allylic oxidation sites excluding steroid dienone is 1. The maximum Gasteiger partial charge on any atom is 0.185 e. The van der Waals surface area contributed by atoms with Crippen molar-refractivity contribution in [1.82, 2.24) is 0 Å². The van der Waals surface area contributed by atoms with Crippen molar-refractivity contribution in [3.05, 3.63) is 59.2 Å². The summed E-state index contributed by atoms with van der Waals surface area (Å²) in [5.74, 6) is 1.40. The molecule has 4 heteroatoms. The van der Waals surface area contributed by atoms with E-state index in [2.05, 4.69) is 26.1 Å². The quantitative estimate of drug-likeness (QED) is 0.590. The molecule has 0 amide bonds. The molecular weight excluding hydrogens is 326 g/mol. The Hall–Kier alpha value is -2.75. The van der Waals surface area contributed by atoms with Crippen molar-refractivity contribution < 1.29 is 14.3 Å². The summed E-state index contributed by atoms with van der Waals surface area (Å²) in [6.45, 7) is 6.37. The van der Waals surface area contributed by atoms with Crippen molar-refractivity contribution in [3.8, 4) is 11.5 Å². The van der Waals surface area contributed by atoms with Crippen molar-refractivity contribution in [3.63, 3.8) is 0 Å². The van der Waals surface area contributed by atoms with Crippen LogP contribution in [-0.2, 0) is 5.41 Å². The minimum Gasteiger partial charge on any atom is -0.496 e. The van der Waals surface area contributed by atoms with Gasteiger partial charge in [0.2, 0.25) is 0 Å². The molecule has 0 radical (unpaired) electrons. The minimum atomic E-state index is -0.0901. The van der Waals surface area contributed by atoms with Crippen LogP contribution in [0.4, 0.5) is 5.69 Å². The van der Waals surface area contributed by atoms with E-state index in [0.29, 0.717) is 11.3 Å². The molecule has 4 nitrogen and oxygen atoms in total. The number of hydrogen-bond donors (Lipinski definition) is 1. The van der Waals surface area contributed by atoms with Crippen LogP contribution in [0.2, 0.25) is 0 Å². The highest BCUT2D eigenvalue weighted by Gasteiger charge is 2.21. The molecule has 0 aromatic heterocycles. The van der Waals surface area contributed by atoms with Crippen molar-refractivity contribution in [2.45, 2.75) is 26.2 Å². The first-order valence-electron chi connectivity index (χ1n) is 8.57. The molecule has 0 saturated heterocycles. The Morgan fingerprint density at radius 2 is 1.62 bits per heavy atom. The number of ether oxygens (including phenoxy) is 2. The van der Waals surface area contributed by atoms with E-state index in [1.165, 1.54) is 0 Å². The smallest absolute Gasteiger partial charge is 0.185 e. The van der Waals surface area contributed by atoms with E-state index in [1.54, 1.807) is 26.4 Å². The van der Waals surface area contributed by atoms with Gasteiger partial charge < -0.3 is 14.8 Å². The highest BCUT2D eigenvalue weighted by Crippen LogP contribution is 2.37. The number of carbonyl (C=O) groups is 1. The summed E-state index contributed by atoms with van der Waals surface area (Å²) in [6, 6.07) is 11.3. The molecule has 0 bridgehead atoms. The zero-order valence-corrected chi connectivity index (χ0v) is 16.3. The fourth-order valence-electron chi connectivity index (χ4n) is 2.70. The molecule has 0 aliphatic heterocycles. The lowest BCUT2D eigenvalue weighted by Crippen LogP contribution is -2.13. The number of methoxy groups -OCH3 is 2. The van der Waals surface area contributed by atoms with Gasteiger partial charge in [-0.2, -0.15) is 0 Å². The number of benzene rings is 2.